The molecule has 18 heavy (non-hydrogen) atoms. The fourth-order valence-corrected chi connectivity index (χ4v) is 1.77. The Hall–Kier alpha value is -1.67. The van der Waals surface area contributed by atoms with Crippen molar-refractivity contribution in [2.24, 2.45) is 0 Å². The van der Waals surface area contributed by atoms with Crippen LogP contribution in [-0.4, -0.2) is 46.4 Å². The molecule has 1 rings (SSSR count). The topological polar surface area (TPSA) is 112 Å². The number of carbonyl (C=O) groups excluding carboxylic acids is 1. The van der Waals surface area contributed by atoms with Crippen molar-refractivity contribution in [3.8, 4) is 0 Å². The van der Waals surface area contributed by atoms with E-state index in [1.807, 2.05) is 5.38 Å². The van der Waals surface area contributed by atoms with Gasteiger partial charge in [0, 0.05) is 31.3 Å². The molecule has 0 aliphatic heterocycles. The van der Waals surface area contributed by atoms with Gasteiger partial charge in [-0.05, 0) is 0 Å². The van der Waals surface area contributed by atoms with Crippen LogP contribution in [0.25, 0.3) is 0 Å². The zero-order valence-corrected chi connectivity index (χ0v) is 10.4. The van der Waals surface area contributed by atoms with Crippen LogP contribution in [0.15, 0.2) is 10.9 Å². The van der Waals surface area contributed by atoms with E-state index in [2.05, 4.69) is 15.6 Å². The van der Waals surface area contributed by atoms with Crippen molar-refractivity contribution in [2.75, 3.05) is 13.1 Å². The van der Waals surface area contributed by atoms with Gasteiger partial charge >= 0.3 is 12.0 Å². The molecule has 100 valence electrons. The second kappa shape index (κ2) is 7.62. The number of carbonyl (C=O) groups is 2. The number of amides is 2. The first-order valence-corrected chi connectivity index (χ1v) is 6.33. The molecule has 0 aliphatic rings. The smallest absolute Gasteiger partial charge is 0.332 e. The molecule has 8 heteroatoms. The molecule has 1 heterocycles. The van der Waals surface area contributed by atoms with Crippen molar-refractivity contribution in [3.05, 3.63) is 16.6 Å². The summed E-state index contributed by atoms with van der Waals surface area (Å²) in [6.07, 6.45) is -0.816. The third-order valence-electron chi connectivity index (χ3n) is 2.14. The molecule has 1 atom stereocenters. The van der Waals surface area contributed by atoms with Gasteiger partial charge in [0.15, 0.2) is 6.10 Å². The van der Waals surface area contributed by atoms with Crippen LogP contribution in [0, 0.1) is 0 Å². The number of nitrogens with zero attached hydrogens (tertiary/aromatic N) is 1. The van der Waals surface area contributed by atoms with Crippen LogP contribution in [0.3, 0.4) is 0 Å². The number of aliphatic carboxylic acids is 1. The molecule has 0 saturated heterocycles. The molecule has 0 spiro atoms. The molecule has 1 aromatic heterocycles. The van der Waals surface area contributed by atoms with Gasteiger partial charge in [-0.1, -0.05) is 0 Å². The maximum atomic E-state index is 11.3. The molecule has 2 amide bonds. The van der Waals surface area contributed by atoms with E-state index >= 15 is 0 Å². The first-order chi connectivity index (χ1) is 8.59. The third-order valence-corrected chi connectivity index (χ3v) is 2.77. The van der Waals surface area contributed by atoms with E-state index in [-0.39, 0.29) is 19.0 Å². The second-order valence-corrected chi connectivity index (χ2v) is 4.27. The lowest BCUT2D eigenvalue weighted by molar-refractivity contribution is -0.146. The van der Waals surface area contributed by atoms with Gasteiger partial charge < -0.3 is 20.8 Å². The Labute approximate surface area is 108 Å². The van der Waals surface area contributed by atoms with Crippen LogP contribution >= 0.6 is 11.3 Å². The van der Waals surface area contributed by atoms with Crippen molar-refractivity contribution < 1.29 is 19.8 Å². The molecule has 1 aromatic rings. The van der Waals surface area contributed by atoms with Crippen molar-refractivity contribution in [3.63, 3.8) is 0 Å². The number of carboxylic acids is 1. The number of hydrogen-bond donors (Lipinski definition) is 4. The number of urea groups is 1. The van der Waals surface area contributed by atoms with Gasteiger partial charge in [0.2, 0.25) is 0 Å². The fourth-order valence-electron chi connectivity index (χ4n) is 1.17. The Morgan fingerprint density at radius 2 is 2.11 bits per heavy atom. The summed E-state index contributed by atoms with van der Waals surface area (Å²) < 4.78 is 0. The summed E-state index contributed by atoms with van der Waals surface area (Å²) in [5.74, 6) is -1.29. The van der Waals surface area contributed by atoms with Gasteiger partial charge in [0.05, 0.1) is 11.2 Å². The van der Waals surface area contributed by atoms with E-state index in [4.69, 9.17) is 10.2 Å². The average molecular weight is 273 g/mol. The number of aliphatic hydroxyl groups excluding tert-OH is 1. The van der Waals surface area contributed by atoms with Gasteiger partial charge in [-0.2, -0.15) is 0 Å². The van der Waals surface area contributed by atoms with E-state index in [1.165, 1.54) is 11.3 Å². The highest BCUT2D eigenvalue weighted by Crippen LogP contribution is 2.00. The molecular weight excluding hydrogens is 258 g/mol. The highest BCUT2D eigenvalue weighted by molar-refractivity contribution is 7.07. The van der Waals surface area contributed by atoms with Gasteiger partial charge in [-0.3, -0.25) is 0 Å². The first kappa shape index (κ1) is 14.4. The van der Waals surface area contributed by atoms with E-state index in [9.17, 15) is 9.59 Å². The maximum absolute atomic E-state index is 11.3. The lowest BCUT2D eigenvalue weighted by atomic mass is 10.2. The number of carboxylic acid groups (broad SMARTS) is 1. The van der Waals surface area contributed by atoms with Crippen molar-refractivity contribution in [1.29, 1.82) is 0 Å². The largest absolute Gasteiger partial charge is 0.479 e. The van der Waals surface area contributed by atoms with Crippen molar-refractivity contribution in [2.45, 2.75) is 18.9 Å². The van der Waals surface area contributed by atoms with Gasteiger partial charge in [-0.15, -0.1) is 11.3 Å². The minimum atomic E-state index is -1.44. The number of hydrogen-bond acceptors (Lipinski definition) is 5. The Morgan fingerprint density at radius 1 is 1.39 bits per heavy atom. The van der Waals surface area contributed by atoms with Crippen LogP contribution in [0.5, 0.6) is 0 Å². The van der Waals surface area contributed by atoms with Gasteiger partial charge in [0.1, 0.15) is 0 Å². The van der Waals surface area contributed by atoms with E-state index in [0.717, 1.165) is 5.69 Å². The monoisotopic (exact) mass is 273 g/mol. The summed E-state index contributed by atoms with van der Waals surface area (Å²) in [6.45, 7) is 0.563. The van der Waals surface area contributed by atoms with E-state index in [0.29, 0.717) is 13.0 Å². The van der Waals surface area contributed by atoms with Crippen LogP contribution in [0.2, 0.25) is 0 Å². The zero-order valence-electron chi connectivity index (χ0n) is 9.63. The molecule has 0 radical (unpaired) electrons. The van der Waals surface area contributed by atoms with Crippen molar-refractivity contribution in [1.82, 2.24) is 15.6 Å². The second-order valence-electron chi connectivity index (χ2n) is 3.56. The number of aromatic nitrogens is 1. The molecule has 1 unspecified atom stereocenters. The van der Waals surface area contributed by atoms with Crippen LogP contribution in [-0.2, 0) is 11.2 Å². The van der Waals surface area contributed by atoms with Crippen LogP contribution in [0.1, 0.15) is 12.1 Å². The summed E-state index contributed by atoms with van der Waals surface area (Å²) in [4.78, 5) is 25.6. The standard InChI is InChI=1S/C10H15N3O4S/c14-8(9(15)16)2-4-12-10(17)11-3-1-7-5-18-6-13-7/h5-6,8,14H,1-4H2,(H,15,16)(H2,11,12,17). The molecule has 0 aliphatic carbocycles. The molecule has 0 saturated carbocycles. The maximum Gasteiger partial charge on any atom is 0.332 e. The molecule has 4 N–H and O–H groups in total. The van der Waals surface area contributed by atoms with E-state index in [1.54, 1.807) is 5.51 Å². The SMILES string of the molecule is O=C(NCCc1cscn1)NCCC(O)C(=O)O. The van der Waals surface area contributed by atoms with Gasteiger partial charge in [0.25, 0.3) is 0 Å². The van der Waals surface area contributed by atoms with Crippen LogP contribution < -0.4 is 10.6 Å². The Balaban J connectivity index is 2.05. The van der Waals surface area contributed by atoms with E-state index < -0.39 is 12.1 Å². The van der Waals surface area contributed by atoms with Crippen molar-refractivity contribution >= 4 is 23.3 Å². The van der Waals surface area contributed by atoms with Gasteiger partial charge in [-0.25, -0.2) is 14.6 Å². The summed E-state index contributed by atoms with van der Waals surface area (Å²) in [7, 11) is 0. The normalized spacial score (nSPS) is 11.8. The lowest BCUT2D eigenvalue weighted by Crippen LogP contribution is -2.38. The number of rotatable bonds is 7. The minimum absolute atomic E-state index is 0.0190. The lowest BCUT2D eigenvalue weighted by Gasteiger charge is -2.08. The molecule has 7 nitrogen and oxygen atoms in total. The quantitative estimate of drug-likeness (QED) is 0.550. The third kappa shape index (κ3) is 5.60. The summed E-state index contributed by atoms with van der Waals surface area (Å²) in [5.41, 5.74) is 2.64. The highest BCUT2D eigenvalue weighted by Gasteiger charge is 2.12. The molecule has 0 bridgehead atoms. The minimum Gasteiger partial charge on any atom is -0.479 e. The predicted octanol–water partition coefficient (Wildman–Crippen LogP) is -0.180. The Morgan fingerprint density at radius 3 is 2.72 bits per heavy atom. The predicted molar refractivity (Wildman–Crippen MR) is 65.5 cm³/mol. The first-order valence-electron chi connectivity index (χ1n) is 5.39. The van der Waals surface area contributed by atoms with Crippen LogP contribution in [0.4, 0.5) is 4.79 Å². The zero-order chi connectivity index (χ0) is 13.4. The average Bonchev–Trinajstić information content (AvgIpc) is 2.81. The summed E-state index contributed by atoms with van der Waals surface area (Å²) in [6, 6.07) is -0.386. The number of aliphatic hydroxyl groups is 1. The summed E-state index contributed by atoms with van der Waals surface area (Å²) >= 11 is 1.50. The summed E-state index contributed by atoms with van der Waals surface area (Å²) in [5, 5.41) is 24.3. The molecular formula is C10H15N3O4S. The Kier molecular flexibility index (Phi) is 6.09. The highest BCUT2D eigenvalue weighted by atomic mass is 32.1. The number of nitrogens with one attached hydrogen (secondary N) is 2. The Bertz CT molecular complexity index is 382. The number of thiazole rings is 1. The molecule has 0 aromatic carbocycles. The molecule has 0 fully saturated rings. The fraction of sp³-hybridized carbons (Fsp3) is 0.500.